The summed E-state index contributed by atoms with van der Waals surface area (Å²) in [7, 11) is -3.92. The first kappa shape index (κ1) is 21.9. The fraction of sp³-hybridized carbons (Fsp3) is 0.333. The Balaban J connectivity index is 1.53. The predicted octanol–water partition coefficient (Wildman–Crippen LogP) is 3.22. The standard InChI is InChI=1S/C21H22ClN3O5S/c1-15-3-6-18(7-4-15)31(26,27)29-11-17-10-28-21(30-17,12-25-14-23-13-24-25)19-8-5-16(2)9-20(19)22/h3-9,13-14,17H,10-12H2,1-2H3. The lowest BCUT2D eigenvalue weighted by atomic mass is 10.0. The predicted molar refractivity (Wildman–Crippen MR) is 113 cm³/mol. The van der Waals surface area contributed by atoms with Crippen molar-refractivity contribution in [2.75, 3.05) is 13.2 Å². The summed E-state index contributed by atoms with van der Waals surface area (Å²) >= 11 is 6.50. The lowest BCUT2D eigenvalue weighted by Gasteiger charge is -2.29. The summed E-state index contributed by atoms with van der Waals surface area (Å²) in [4.78, 5) is 4.05. The maximum absolute atomic E-state index is 12.5. The lowest BCUT2D eigenvalue weighted by molar-refractivity contribution is -0.190. The number of aromatic nitrogens is 3. The molecular weight excluding hydrogens is 442 g/mol. The summed E-state index contributed by atoms with van der Waals surface area (Å²) in [6.45, 7) is 3.94. The van der Waals surface area contributed by atoms with E-state index in [9.17, 15) is 8.42 Å². The molecule has 1 saturated heterocycles. The third kappa shape index (κ3) is 4.81. The Bertz CT molecular complexity index is 1150. The van der Waals surface area contributed by atoms with Gasteiger partial charge in [0.05, 0.1) is 18.1 Å². The van der Waals surface area contributed by atoms with Gasteiger partial charge >= 0.3 is 0 Å². The van der Waals surface area contributed by atoms with E-state index in [2.05, 4.69) is 10.1 Å². The van der Waals surface area contributed by atoms with E-state index in [0.717, 1.165) is 11.1 Å². The highest BCUT2D eigenvalue weighted by Gasteiger charge is 2.45. The number of hydrogen-bond donors (Lipinski definition) is 0. The number of nitrogens with zero attached hydrogens (tertiary/aromatic N) is 3. The highest BCUT2D eigenvalue weighted by Crippen LogP contribution is 2.40. The molecule has 1 aliphatic heterocycles. The Labute approximate surface area is 185 Å². The maximum Gasteiger partial charge on any atom is 0.297 e. The zero-order valence-electron chi connectivity index (χ0n) is 17.1. The number of ether oxygens (including phenoxy) is 2. The number of halogens is 1. The Morgan fingerprint density at radius 2 is 1.94 bits per heavy atom. The van der Waals surface area contributed by atoms with Crippen LogP contribution in [-0.2, 0) is 36.1 Å². The first-order chi connectivity index (χ1) is 14.8. The van der Waals surface area contributed by atoms with E-state index >= 15 is 0 Å². The Morgan fingerprint density at radius 1 is 1.19 bits per heavy atom. The third-order valence-electron chi connectivity index (χ3n) is 4.95. The van der Waals surface area contributed by atoms with Crippen LogP contribution < -0.4 is 0 Å². The molecule has 0 saturated carbocycles. The van der Waals surface area contributed by atoms with E-state index in [1.54, 1.807) is 23.1 Å². The number of benzene rings is 2. The molecule has 10 heteroatoms. The molecule has 0 radical (unpaired) electrons. The molecule has 0 bridgehead atoms. The SMILES string of the molecule is Cc1ccc(S(=O)(=O)OCC2COC(Cn3cncn3)(c3ccc(C)cc3Cl)O2)cc1. The molecule has 0 spiro atoms. The largest absolute Gasteiger partial charge is 0.342 e. The van der Waals surface area contributed by atoms with Crippen molar-refractivity contribution in [1.29, 1.82) is 0 Å². The minimum atomic E-state index is -3.92. The fourth-order valence-electron chi connectivity index (χ4n) is 3.35. The highest BCUT2D eigenvalue weighted by molar-refractivity contribution is 7.86. The zero-order valence-corrected chi connectivity index (χ0v) is 18.6. The topological polar surface area (TPSA) is 92.5 Å². The Kier molecular flexibility index (Phi) is 6.14. The molecule has 31 heavy (non-hydrogen) atoms. The van der Waals surface area contributed by atoms with E-state index in [-0.39, 0.29) is 24.7 Å². The van der Waals surface area contributed by atoms with Gasteiger partial charge in [-0.05, 0) is 37.6 Å². The molecule has 3 aromatic rings. The molecule has 0 aliphatic carbocycles. The second kappa shape index (κ2) is 8.68. The van der Waals surface area contributed by atoms with Crippen molar-refractivity contribution >= 4 is 21.7 Å². The van der Waals surface area contributed by atoms with E-state index in [0.29, 0.717) is 10.6 Å². The second-order valence-electron chi connectivity index (χ2n) is 7.43. The van der Waals surface area contributed by atoms with Crippen molar-refractivity contribution in [3.63, 3.8) is 0 Å². The van der Waals surface area contributed by atoms with Gasteiger partial charge in [-0.25, -0.2) is 9.67 Å². The normalized spacial score (nSPS) is 21.5. The van der Waals surface area contributed by atoms with Gasteiger partial charge in [0.25, 0.3) is 10.1 Å². The van der Waals surface area contributed by atoms with Crippen molar-refractivity contribution in [1.82, 2.24) is 14.8 Å². The molecule has 2 atom stereocenters. The van der Waals surface area contributed by atoms with Crippen LogP contribution in [0.3, 0.4) is 0 Å². The van der Waals surface area contributed by atoms with Crippen molar-refractivity contribution in [3.8, 4) is 0 Å². The molecule has 0 amide bonds. The average Bonchev–Trinajstić information content (AvgIpc) is 3.38. The minimum absolute atomic E-state index is 0.0903. The van der Waals surface area contributed by atoms with Gasteiger partial charge in [0.1, 0.15) is 25.3 Å². The molecule has 164 valence electrons. The summed E-state index contributed by atoms with van der Waals surface area (Å²) in [5.74, 6) is -1.25. The van der Waals surface area contributed by atoms with Crippen LogP contribution in [0.25, 0.3) is 0 Å². The van der Waals surface area contributed by atoms with Crippen LogP contribution in [0.1, 0.15) is 16.7 Å². The van der Waals surface area contributed by atoms with Gasteiger partial charge in [-0.1, -0.05) is 41.4 Å². The second-order valence-corrected chi connectivity index (χ2v) is 9.45. The van der Waals surface area contributed by atoms with Crippen molar-refractivity contribution < 1.29 is 22.1 Å². The minimum Gasteiger partial charge on any atom is -0.342 e. The van der Waals surface area contributed by atoms with Crippen LogP contribution in [0.15, 0.2) is 60.0 Å². The maximum atomic E-state index is 12.5. The molecule has 1 fully saturated rings. The van der Waals surface area contributed by atoms with Gasteiger partial charge in [0.15, 0.2) is 0 Å². The van der Waals surface area contributed by atoms with Crippen LogP contribution in [0.5, 0.6) is 0 Å². The Morgan fingerprint density at radius 3 is 2.61 bits per heavy atom. The summed E-state index contributed by atoms with van der Waals surface area (Å²) in [5.41, 5.74) is 2.57. The molecule has 2 heterocycles. The lowest BCUT2D eigenvalue weighted by Crippen LogP contribution is -2.35. The fourth-order valence-corrected chi connectivity index (χ4v) is 4.67. The van der Waals surface area contributed by atoms with Crippen LogP contribution in [0.2, 0.25) is 5.02 Å². The smallest absolute Gasteiger partial charge is 0.297 e. The van der Waals surface area contributed by atoms with Gasteiger partial charge in [-0.3, -0.25) is 4.18 Å². The van der Waals surface area contributed by atoms with Gasteiger partial charge < -0.3 is 9.47 Å². The van der Waals surface area contributed by atoms with Crippen LogP contribution in [0, 0.1) is 13.8 Å². The van der Waals surface area contributed by atoms with Crippen molar-refractivity contribution in [2.24, 2.45) is 0 Å². The van der Waals surface area contributed by atoms with E-state index < -0.39 is 22.0 Å². The van der Waals surface area contributed by atoms with Gasteiger partial charge in [0.2, 0.25) is 5.79 Å². The first-order valence-corrected chi connectivity index (χ1v) is 11.4. The van der Waals surface area contributed by atoms with Crippen molar-refractivity contribution in [2.45, 2.75) is 37.2 Å². The number of rotatable bonds is 7. The molecule has 8 nitrogen and oxygen atoms in total. The molecule has 1 aliphatic rings. The molecule has 2 aromatic carbocycles. The summed E-state index contributed by atoms with van der Waals surface area (Å²) in [5, 5.41) is 4.61. The average molecular weight is 464 g/mol. The first-order valence-electron chi connectivity index (χ1n) is 9.64. The van der Waals surface area contributed by atoms with Crippen LogP contribution >= 0.6 is 11.6 Å². The van der Waals surface area contributed by atoms with Gasteiger partial charge in [-0.15, -0.1) is 0 Å². The molecule has 1 aromatic heterocycles. The van der Waals surface area contributed by atoms with Crippen LogP contribution in [-0.4, -0.2) is 42.5 Å². The quantitative estimate of drug-likeness (QED) is 0.496. The van der Waals surface area contributed by atoms with Crippen LogP contribution in [0.4, 0.5) is 0 Å². The van der Waals surface area contributed by atoms with E-state index in [1.807, 2.05) is 32.0 Å². The monoisotopic (exact) mass is 463 g/mol. The van der Waals surface area contributed by atoms with Crippen molar-refractivity contribution in [3.05, 3.63) is 76.8 Å². The Hall–Kier alpha value is -2.30. The van der Waals surface area contributed by atoms with Gasteiger partial charge in [0, 0.05) is 10.6 Å². The molecule has 0 N–H and O–H groups in total. The number of aryl methyl sites for hydroxylation is 2. The summed E-state index contributed by atoms with van der Waals surface area (Å²) in [6.07, 6.45) is 2.33. The molecular formula is C21H22ClN3O5S. The summed E-state index contributed by atoms with van der Waals surface area (Å²) in [6, 6.07) is 12.0. The van der Waals surface area contributed by atoms with E-state index in [4.69, 9.17) is 25.3 Å². The number of hydrogen-bond acceptors (Lipinski definition) is 7. The zero-order chi connectivity index (χ0) is 22.1. The third-order valence-corrected chi connectivity index (χ3v) is 6.56. The van der Waals surface area contributed by atoms with Gasteiger partial charge in [-0.2, -0.15) is 13.5 Å². The molecule has 2 unspecified atom stereocenters. The molecule has 4 rings (SSSR count). The van der Waals surface area contributed by atoms with E-state index in [1.165, 1.54) is 18.5 Å². The summed E-state index contributed by atoms with van der Waals surface area (Å²) < 4.78 is 44.1. The highest BCUT2D eigenvalue weighted by atomic mass is 35.5.